The highest BCUT2D eigenvalue weighted by Crippen LogP contribution is 2.40. The summed E-state index contributed by atoms with van der Waals surface area (Å²) in [6.07, 6.45) is -0.195. The van der Waals surface area contributed by atoms with Crippen molar-refractivity contribution in [3.63, 3.8) is 0 Å². The highest BCUT2D eigenvalue weighted by Gasteiger charge is 2.51. The number of unbranched alkanes of at least 4 members (excludes halogenated alkanes) is 1. The molecule has 0 aliphatic carbocycles. The zero-order valence-electron chi connectivity index (χ0n) is 39.1. The van der Waals surface area contributed by atoms with E-state index in [1.807, 2.05) is 45.0 Å². The van der Waals surface area contributed by atoms with E-state index in [1.54, 1.807) is 61.5 Å². The topological polar surface area (TPSA) is 202 Å². The number of H-pyrrole nitrogens is 1. The number of aromatic amines is 1. The number of ether oxygens (including phenoxy) is 3. The van der Waals surface area contributed by atoms with E-state index in [4.69, 9.17) is 26.4 Å². The fraction of sp³-hybridized carbons (Fsp3) is 0.449. The van der Waals surface area contributed by atoms with Crippen LogP contribution in [0.2, 0.25) is 0 Å². The lowest BCUT2D eigenvalue weighted by Crippen LogP contribution is -2.58. The summed E-state index contributed by atoms with van der Waals surface area (Å²) in [5.41, 5.74) is -0.445. The fourth-order valence-electron chi connectivity index (χ4n) is 8.03. The van der Waals surface area contributed by atoms with Crippen molar-refractivity contribution in [3.05, 3.63) is 95.8 Å². The molecule has 6 rings (SSSR count). The van der Waals surface area contributed by atoms with Crippen molar-refractivity contribution in [3.8, 4) is 22.9 Å². The average Bonchev–Trinajstić information content (AvgIpc) is 4.03. The van der Waals surface area contributed by atoms with Crippen LogP contribution in [0.5, 0.6) is 5.75 Å². The molecule has 3 atom stereocenters. The van der Waals surface area contributed by atoms with Gasteiger partial charge in [-0.15, -0.1) is 0 Å². The lowest BCUT2D eigenvalue weighted by atomic mass is 9.85. The normalized spacial score (nSPS) is 17.5. The SMILES string of the molecule is CC(C)(C)C(NC(=O)COCCCOCCCCOc1ccc(N2C(=S)N(c3ccc(C#N)c(C(F)(F)F)c3)C(=O)C2(C)C)cc1)C(=O)N1C[C@H](O)C[C@H]1C(=O)NCc1ccc(-c2cn[nH]c2)cc1. The molecule has 0 radical (unpaired) electrons. The molecule has 3 heterocycles. The molecule has 1 unspecified atom stereocenters. The Morgan fingerprint density at radius 3 is 2.28 bits per heavy atom. The number of aliphatic hydroxyl groups excluding tert-OH is 1. The highest BCUT2D eigenvalue weighted by atomic mass is 32.1. The van der Waals surface area contributed by atoms with Crippen LogP contribution in [0.15, 0.2) is 79.1 Å². The molecule has 3 aromatic carbocycles. The number of thiocarbonyl (C=S) groups is 1. The molecule has 4 aromatic rings. The number of nitrogens with zero attached hydrogens (tertiary/aromatic N) is 5. The van der Waals surface area contributed by atoms with Crippen molar-refractivity contribution in [1.29, 1.82) is 5.26 Å². The first-order chi connectivity index (χ1) is 32.7. The number of aromatic nitrogens is 2. The van der Waals surface area contributed by atoms with Crippen LogP contribution < -0.4 is 25.2 Å². The third-order valence-electron chi connectivity index (χ3n) is 11.7. The summed E-state index contributed by atoms with van der Waals surface area (Å²) in [7, 11) is 0. The van der Waals surface area contributed by atoms with Gasteiger partial charge in [-0.25, -0.2) is 0 Å². The molecule has 2 aliphatic rings. The summed E-state index contributed by atoms with van der Waals surface area (Å²) >= 11 is 5.62. The van der Waals surface area contributed by atoms with Gasteiger partial charge in [0.25, 0.3) is 5.91 Å². The number of nitrogens with one attached hydrogen (secondary N) is 3. The number of aliphatic hydroxyl groups is 1. The number of amides is 4. The summed E-state index contributed by atoms with van der Waals surface area (Å²) in [6.45, 7) is 10.1. The number of halogens is 3. The van der Waals surface area contributed by atoms with Gasteiger partial charge >= 0.3 is 6.18 Å². The quantitative estimate of drug-likeness (QED) is 0.0572. The smallest absolute Gasteiger partial charge is 0.417 e. The van der Waals surface area contributed by atoms with Gasteiger partial charge in [0.05, 0.1) is 41.8 Å². The Hall–Kier alpha value is -6.40. The lowest BCUT2D eigenvalue weighted by Gasteiger charge is -2.35. The van der Waals surface area contributed by atoms with E-state index in [1.165, 1.54) is 11.0 Å². The second kappa shape index (κ2) is 22.4. The van der Waals surface area contributed by atoms with Gasteiger partial charge in [-0.2, -0.15) is 23.5 Å². The van der Waals surface area contributed by atoms with Crippen molar-refractivity contribution in [2.75, 3.05) is 49.4 Å². The van der Waals surface area contributed by atoms with Gasteiger partial charge < -0.3 is 39.8 Å². The zero-order chi connectivity index (χ0) is 50.1. The molecular formula is C49H57F3N8O8S. The molecule has 0 bridgehead atoms. The van der Waals surface area contributed by atoms with Crippen LogP contribution in [0.25, 0.3) is 11.1 Å². The Balaban J connectivity index is 0.865. The number of benzene rings is 3. The van der Waals surface area contributed by atoms with Crippen LogP contribution in [0.1, 0.15) is 77.0 Å². The van der Waals surface area contributed by atoms with Gasteiger partial charge in [-0.3, -0.25) is 29.2 Å². The number of alkyl halides is 3. The van der Waals surface area contributed by atoms with Crippen LogP contribution in [0, 0.1) is 16.7 Å². The van der Waals surface area contributed by atoms with Crippen molar-refractivity contribution in [2.45, 2.75) is 96.7 Å². The monoisotopic (exact) mass is 974 g/mol. The first-order valence-corrected chi connectivity index (χ1v) is 22.9. The van der Waals surface area contributed by atoms with Crippen LogP contribution in [-0.4, -0.2) is 112 Å². The minimum atomic E-state index is -4.80. The second-order valence-electron chi connectivity index (χ2n) is 18.4. The molecule has 368 valence electrons. The standard InChI is InChI=1S/C49H57F3N8O8S/c1-47(2,3)42(44(64)58-29-37(61)24-40(58)43(63)54-26-31-9-11-32(12-10-31)34-27-55-56-28-34)57-41(62)30-67-21-8-20-66-19-6-7-22-68-38-17-15-35(16-18-38)60-46(69)59(45(65)48(60,4)5)36-14-13-33(25-53)39(23-36)49(50,51)52/h9-18,23,27-28,37,40,42,61H,6-8,19-22,24,26,29-30H2,1-5H3,(H,54,63)(H,55,56)(H,57,62)/t37-,40+,42?/m1/s1. The maximum atomic E-state index is 13.9. The third kappa shape index (κ3) is 12.8. The van der Waals surface area contributed by atoms with Gasteiger partial charge in [-0.1, -0.05) is 45.0 Å². The Morgan fingerprint density at radius 2 is 1.62 bits per heavy atom. The van der Waals surface area contributed by atoms with E-state index in [-0.39, 0.29) is 43.5 Å². The van der Waals surface area contributed by atoms with Gasteiger partial charge in [0.15, 0.2) is 5.11 Å². The summed E-state index contributed by atoms with van der Waals surface area (Å²) in [5, 5.41) is 32.1. The van der Waals surface area contributed by atoms with E-state index >= 15 is 0 Å². The number of rotatable bonds is 20. The van der Waals surface area contributed by atoms with Gasteiger partial charge in [0.2, 0.25) is 17.7 Å². The summed E-state index contributed by atoms with van der Waals surface area (Å²) in [5.74, 6) is -1.31. The van der Waals surface area contributed by atoms with E-state index in [2.05, 4.69) is 20.8 Å². The predicted molar refractivity (Wildman–Crippen MR) is 254 cm³/mol. The van der Waals surface area contributed by atoms with Gasteiger partial charge in [-0.05, 0) is 104 Å². The van der Waals surface area contributed by atoms with Gasteiger partial charge in [0.1, 0.15) is 30.0 Å². The number of nitriles is 1. The van der Waals surface area contributed by atoms with Crippen LogP contribution in [0.4, 0.5) is 24.5 Å². The molecule has 0 saturated carbocycles. The maximum absolute atomic E-state index is 13.9. The molecule has 0 spiro atoms. The van der Waals surface area contributed by atoms with Crippen LogP contribution >= 0.6 is 12.2 Å². The van der Waals surface area contributed by atoms with Crippen molar-refractivity contribution < 1.29 is 51.7 Å². The fourth-order valence-corrected chi connectivity index (χ4v) is 8.55. The number of hydrogen-bond donors (Lipinski definition) is 4. The number of hydrogen-bond acceptors (Lipinski definition) is 11. The number of β-amino-alcohol motifs (C(OH)–C–C–N with tert-alkyl or cyclic N) is 1. The molecular weight excluding hydrogens is 918 g/mol. The Morgan fingerprint density at radius 1 is 0.957 bits per heavy atom. The largest absolute Gasteiger partial charge is 0.494 e. The highest BCUT2D eigenvalue weighted by molar-refractivity contribution is 7.81. The van der Waals surface area contributed by atoms with E-state index in [9.17, 15) is 42.7 Å². The number of carbonyl (C=O) groups is 4. The van der Waals surface area contributed by atoms with E-state index < -0.39 is 70.1 Å². The third-order valence-corrected chi connectivity index (χ3v) is 12.1. The zero-order valence-corrected chi connectivity index (χ0v) is 39.9. The van der Waals surface area contributed by atoms with Gasteiger partial charge in [0, 0.05) is 56.8 Å². The second-order valence-corrected chi connectivity index (χ2v) is 18.8. The first-order valence-electron chi connectivity index (χ1n) is 22.5. The Bertz CT molecular complexity index is 2490. The van der Waals surface area contributed by atoms with Crippen LogP contribution in [0.3, 0.4) is 0 Å². The molecule has 69 heavy (non-hydrogen) atoms. The number of likely N-dealkylation sites (tertiary alicyclic amines) is 1. The van der Waals surface area contributed by atoms with Crippen molar-refractivity contribution >= 4 is 52.3 Å². The summed E-state index contributed by atoms with van der Waals surface area (Å²) in [6, 6.07) is 17.2. The molecule has 16 nitrogen and oxygen atoms in total. The minimum Gasteiger partial charge on any atom is -0.494 e. The number of carbonyl (C=O) groups excluding carboxylic acids is 4. The molecule has 1 aromatic heterocycles. The van der Waals surface area contributed by atoms with E-state index in [0.717, 1.165) is 33.7 Å². The molecule has 4 N–H and O–H groups in total. The predicted octanol–water partition coefficient (Wildman–Crippen LogP) is 6.28. The maximum Gasteiger partial charge on any atom is 0.417 e. The molecule has 4 amide bonds. The molecule has 20 heteroatoms. The number of anilines is 2. The lowest BCUT2D eigenvalue weighted by molar-refractivity contribution is -0.144. The summed E-state index contributed by atoms with van der Waals surface area (Å²) in [4.78, 5) is 57.7. The first kappa shape index (κ1) is 52.0. The average molecular weight is 975 g/mol. The van der Waals surface area contributed by atoms with Crippen molar-refractivity contribution in [1.82, 2.24) is 25.7 Å². The molecule has 2 saturated heterocycles. The van der Waals surface area contributed by atoms with Crippen LogP contribution in [-0.2, 0) is 41.4 Å². The molecule has 2 fully saturated rings. The van der Waals surface area contributed by atoms with Crippen molar-refractivity contribution in [2.24, 2.45) is 5.41 Å². The summed E-state index contributed by atoms with van der Waals surface area (Å²) < 4.78 is 58.3. The minimum absolute atomic E-state index is 0.00748. The molecule has 2 aliphatic heterocycles. The Labute approximate surface area is 404 Å². The Kier molecular flexibility index (Phi) is 16.8. The van der Waals surface area contributed by atoms with E-state index in [0.29, 0.717) is 50.5 Å².